The molecule has 2 aliphatic carbocycles. The summed E-state index contributed by atoms with van der Waals surface area (Å²) in [4.78, 5) is 54.3. The lowest BCUT2D eigenvalue weighted by Gasteiger charge is -2.33. The van der Waals surface area contributed by atoms with Crippen LogP contribution in [0, 0.1) is 17.8 Å². The molecule has 2 saturated carbocycles. The van der Waals surface area contributed by atoms with Gasteiger partial charge >= 0.3 is 0 Å². The number of aromatic nitrogens is 6. The number of carbonyl (C=O) groups excluding carboxylic acids is 3. The molecule has 53 heavy (non-hydrogen) atoms. The molecule has 3 unspecified atom stereocenters. The predicted molar refractivity (Wildman–Crippen MR) is 206 cm³/mol. The van der Waals surface area contributed by atoms with E-state index in [1.165, 1.54) is 35.9 Å². The first-order valence-electron chi connectivity index (χ1n) is 19.1. The zero-order chi connectivity index (χ0) is 37.6. The fourth-order valence-electron chi connectivity index (χ4n) is 7.45. The Morgan fingerprint density at radius 2 is 1.79 bits per heavy atom. The Morgan fingerprint density at radius 1 is 1.06 bits per heavy atom. The molecule has 0 aromatic carbocycles. The topological polar surface area (TPSA) is 185 Å². The number of nitrogens with zero attached hydrogens (tertiary/aromatic N) is 8. The number of thiazole rings is 1. The second kappa shape index (κ2) is 20.7. The molecular formula is C37H56N10O4S2. The van der Waals surface area contributed by atoms with Crippen molar-refractivity contribution in [2.45, 2.75) is 107 Å². The highest BCUT2D eigenvalue weighted by molar-refractivity contribution is 7.99. The number of aliphatic hydroxyl groups excluding tert-OH is 1. The number of aliphatic hydroxyl groups is 1. The largest absolute Gasteiger partial charge is 0.390 e. The van der Waals surface area contributed by atoms with E-state index >= 15 is 0 Å². The summed E-state index contributed by atoms with van der Waals surface area (Å²) >= 11 is 2.63. The van der Waals surface area contributed by atoms with Gasteiger partial charge in [0.2, 0.25) is 22.9 Å². The second-order valence-corrected chi connectivity index (χ2v) is 16.6. The Hall–Kier alpha value is -3.63. The molecule has 0 saturated heterocycles. The minimum absolute atomic E-state index is 0.0524. The summed E-state index contributed by atoms with van der Waals surface area (Å²) in [5.74, 6) is -0.483. The molecule has 2 aliphatic rings. The van der Waals surface area contributed by atoms with Crippen LogP contribution in [0.2, 0.25) is 0 Å². The van der Waals surface area contributed by atoms with E-state index in [0.717, 1.165) is 57.1 Å². The van der Waals surface area contributed by atoms with Gasteiger partial charge in [0, 0.05) is 69.5 Å². The van der Waals surface area contributed by atoms with Gasteiger partial charge in [0.25, 0.3) is 0 Å². The van der Waals surface area contributed by atoms with E-state index in [1.54, 1.807) is 34.8 Å². The third kappa shape index (κ3) is 13.0. The SMILES string of the molecule is CN(CCc1ccccn1)C(=O)CN(CC1CCCCC1)C(=O)CC(Cc1csc(N)n1)C(=O)NC(CC1CCCCC1)C(O)CSc1nnnn1C. The Balaban J connectivity index is 1.31. The van der Waals surface area contributed by atoms with Crippen LogP contribution < -0.4 is 11.1 Å². The molecule has 14 nitrogen and oxygen atoms in total. The number of nitrogens with one attached hydrogen (secondary N) is 1. The van der Waals surface area contributed by atoms with Crippen molar-refractivity contribution in [2.24, 2.45) is 24.8 Å². The molecule has 16 heteroatoms. The van der Waals surface area contributed by atoms with Gasteiger partial charge in [-0.05, 0) is 53.7 Å². The van der Waals surface area contributed by atoms with Crippen molar-refractivity contribution >= 4 is 46.0 Å². The molecule has 3 heterocycles. The number of pyridine rings is 1. The smallest absolute Gasteiger partial charge is 0.241 e. The van der Waals surface area contributed by atoms with Crippen molar-refractivity contribution in [3.63, 3.8) is 0 Å². The number of thioether (sulfide) groups is 1. The molecule has 3 amide bonds. The minimum atomic E-state index is -0.865. The van der Waals surface area contributed by atoms with Gasteiger partial charge in [-0.1, -0.05) is 69.2 Å². The highest BCUT2D eigenvalue weighted by atomic mass is 32.2. The number of nitrogens with two attached hydrogens (primary N) is 1. The van der Waals surface area contributed by atoms with Crippen molar-refractivity contribution in [2.75, 3.05) is 38.2 Å². The lowest BCUT2D eigenvalue weighted by Crippen LogP contribution is -2.49. The molecule has 4 N–H and O–H groups in total. The van der Waals surface area contributed by atoms with Gasteiger partial charge in [0.15, 0.2) is 5.13 Å². The predicted octanol–water partition coefficient (Wildman–Crippen LogP) is 3.91. The van der Waals surface area contributed by atoms with Crippen molar-refractivity contribution in [3.8, 4) is 0 Å². The molecule has 2 fully saturated rings. The number of rotatable bonds is 19. The first-order valence-corrected chi connectivity index (χ1v) is 21.0. The van der Waals surface area contributed by atoms with Gasteiger partial charge in [-0.2, -0.15) is 0 Å². The second-order valence-electron chi connectivity index (χ2n) is 14.8. The molecule has 0 aliphatic heterocycles. The van der Waals surface area contributed by atoms with Crippen LogP contribution in [0.25, 0.3) is 0 Å². The third-order valence-electron chi connectivity index (χ3n) is 10.6. The summed E-state index contributed by atoms with van der Waals surface area (Å²) in [6, 6.07) is 5.20. The van der Waals surface area contributed by atoms with Crippen molar-refractivity contribution in [1.82, 2.24) is 45.3 Å². The average molecular weight is 769 g/mol. The first-order chi connectivity index (χ1) is 25.6. The Kier molecular flexibility index (Phi) is 15.9. The van der Waals surface area contributed by atoms with Crippen molar-refractivity contribution < 1.29 is 19.5 Å². The Bertz CT molecular complexity index is 1580. The number of likely N-dealkylation sites (N-methyl/N-ethyl adjacent to an activating group) is 1. The number of anilines is 1. The summed E-state index contributed by atoms with van der Waals surface area (Å²) < 4.78 is 1.55. The first kappa shape index (κ1) is 40.6. The van der Waals surface area contributed by atoms with Gasteiger partial charge in [-0.3, -0.25) is 19.4 Å². The van der Waals surface area contributed by atoms with E-state index < -0.39 is 18.1 Å². The van der Waals surface area contributed by atoms with Crippen LogP contribution in [-0.4, -0.2) is 107 Å². The van der Waals surface area contributed by atoms with E-state index in [2.05, 4.69) is 30.8 Å². The van der Waals surface area contributed by atoms with Crippen LogP contribution in [0.5, 0.6) is 0 Å². The summed E-state index contributed by atoms with van der Waals surface area (Å²) in [6.45, 7) is 0.907. The van der Waals surface area contributed by atoms with Gasteiger partial charge < -0.3 is 26.0 Å². The monoisotopic (exact) mass is 768 g/mol. The zero-order valence-electron chi connectivity index (χ0n) is 31.1. The van der Waals surface area contributed by atoms with E-state index in [0.29, 0.717) is 59.5 Å². The van der Waals surface area contributed by atoms with E-state index in [1.807, 2.05) is 23.6 Å². The van der Waals surface area contributed by atoms with Crippen LogP contribution >= 0.6 is 23.1 Å². The summed E-state index contributed by atoms with van der Waals surface area (Å²) in [6.07, 6.45) is 13.3. The van der Waals surface area contributed by atoms with Crippen molar-refractivity contribution in [1.29, 1.82) is 0 Å². The fourth-order valence-corrected chi connectivity index (χ4v) is 8.90. The minimum Gasteiger partial charge on any atom is -0.390 e. The third-order valence-corrected chi connectivity index (χ3v) is 12.5. The Labute approximate surface area is 321 Å². The molecule has 0 radical (unpaired) electrons. The number of carbonyl (C=O) groups is 3. The molecule has 0 spiro atoms. The molecular weight excluding hydrogens is 713 g/mol. The van der Waals surface area contributed by atoms with Gasteiger partial charge in [0.05, 0.1) is 30.3 Å². The van der Waals surface area contributed by atoms with Crippen LogP contribution in [-0.2, 0) is 34.3 Å². The molecule has 290 valence electrons. The van der Waals surface area contributed by atoms with E-state index in [-0.39, 0.29) is 37.1 Å². The molecule has 0 bridgehead atoms. The van der Waals surface area contributed by atoms with Crippen LogP contribution in [0.1, 0.15) is 88.4 Å². The van der Waals surface area contributed by atoms with Crippen LogP contribution in [0.15, 0.2) is 34.9 Å². The van der Waals surface area contributed by atoms with Crippen molar-refractivity contribution in [3.05, 3.63) is 41.2 Å². The average Bonchev–Trinajstić information content (AvgIpc) is 3.79. The van der Waals surface area contributed by atoms with E-state index in [9.17, 15) is 19.5 Å². The number of hydrogen-bond acceptors (Lipinski definition) is 12. The van der Waals surface area contributed by atoms with Gasteiger partial charge in [-0.15, -0.1) is 16.4 Å². The standard InChI is InChI=1S/C37H56N10O4S2/c1-45(18-16-29-15-9-10-17-39-29)34(50)23-47(22-27-13-7-4-8-14-27)33(49)21-28(20-30-24-52-36(38)40-30)35(51)41-31(19-26-11-5-3-6-12-26)32(48)25-53-37-42-43-44-46(37)2/h9-10,15,17,24,26-28,31-32,48H,3-8,11-14,16,18-23,25H2,1-2H3,(H2,38,40)(H,41,51). The maximum absolute atomic E-state index is 14.3. The zero-order valence-corrected chi connectivity index (χ0v) is 32.8. The quantitative estimate of drug-likeness (QED) is 0.150. The lowest BCUT2D eigenvalue weighted by atomic mass is 9.83. The summed E-state index contributed by atoms with van der Waals surface area (Å²) in [7, 11) is 3.50. The van der Waals surface area contributed by atoms with Gasteiger partial charge in [-0.25, -0.2) is 9.67 Å². The normalized spacial score (nSPS) is 17.2. The lowest BCUT2D eigenvalue weighted by molar-refractivity contribution is -0.142. The number of hydrogen-bond donors (Lipinski definition) is 3. The van der Waals surface area contributed by atoms with Gasteiger partial charge in [0.1, 0.15) is 0 Å². The van der Waals surface area contributed by atoms with Crippen LogP contribution in [0.3, 0.4) is 0 Å². The molecule has 3 atom stereocenters. The molecule has 5 rings (SSSR count). The molecule has 3 aromatic heterocycles. The number of nitrogen functional groups attached to an aromatic ring is 1. The highest BCUT2D eigenvalue weighted by Gasteiger charge is 2.33. The Morgan fingerprint density at radius 3 is 2.43 bits per heavy atom. The molecule has 3 aromatic rings. The maximum Gasteiger partial charge on any atom is 0.241 e. The number of amides is 3. The number of tetrazole rings is 1. The van der Waals surface area contributed by atoms with Crippen LogP contribution in [0.4, 0.5) is 5.13 Å². The number of aryl methyl sites for hydroxylation is 1. The summed E-state index contributed by atoms with van der Waals surface area (Å²) in [5, 5.41) is 29.1. The highest BCUT2D eigenvalue weighted by Crippen LogP contribution is 2.30. The summed E-state index contributed by atoms with van der Waals surface area (Å²) in [5.41, 5.74) is 7.51. The fraction of sp³-hybridized carbons (Fsp3) is 0.676. The van der Waals surface area contributed by atoms with E-state index in [4.69, 9.17) is 5.73 Å². The maximum atomic E-state index is 14.3.